The van der Waals surface area contributed by atoms with Gasteiger partial charge in [0, 0.05) is 12.5 Å². The second-order valence-corrected chi connectivity index (χ2v) is 7.20. The van der Waals surface area contributed by atoms with Gasteiger partial charge in [0.15, 0.2) is 0 Å². The minimum Gasteiger partial charge on any atom is -0.393 e. The lowest BCUT2D eigenvalue weighted by atomic mass is 9.69. The summed E-state index contributed by atoms with van der Waals surface area (Å²) in [6.07, 6.45) is 5.77. The number of aliphatic hydroxyl groups excluding tert-OH is 1. The summed E-state index contributed by atoms with van der Waals surface area (Å²) < 4.78 is 0. The topological polar surface area (TPSA) is 49.3 Å². The largest absolute Gasteiger partial charge is 0.393 e. The van der Waals surface area contributed by atoms with Crippen LogP contribution in [-0.2, 0) is 4.79 Å². The lowest BCUT2D eigenvalue weighted by Crippen LogP contribution is -2.35. The van der Waals surface area contributed by atoms with Crippen molar-refractivity contribution in [3.63, 3.8) is 0 Å². The Morgan fingerprint density at radius 2 is 1.84 bits per heavy atom. The van der Waals surface area contributed by atoms with E-state index in [1.165, 1.54) is 12.8 Å². The SMILES string of the molecule is CC(O)CCCNC(=O)C1CCC(C(C)(C)C)CC1. The van der Waals surface area contributed by atoms with Crippen molar-refractivity contribution in [2.75, 3.05) is 6.54 Å². The van der Waals surface area contributed by atoms with Crippen LogP contribution in [0, 0.1) is 17.3 Å². The van der Waals surface area contributed by atoms with Gasteiger partial charge in [-0.3, -0.25) is 4.79 Å². The molecule has 2 N–H and O–H groups in total. The number of rotatable bonds is 5. The van der Waals surface area contributed by atoms with Gasteiger partial charge in [-0.15, -0.1) is 0 Å². The van der Waals surface area contributed by atoms with E-state index in [0.717, 1.165) is 31.6 Å². The highest BCUT2D eigenvalue weighted by Gasteiger charge is 2.32. The fraction of sp³-hybridized carbons (Fsp3) is 0.938. The van der Waals surface area contributed by atoms with Gasteiger partial charge in [-0.05, 0) is 56.8 Å². The van der Waals surface area contributed by atoms with Crippen LogP contribution in [0.5, 0.6) is 0 Å². The highest BCUT2D eigenvalue weighted by Crippen LogP contribution is 2.39. The van der Waals surface area contributed by atoms with Crippen molar-refractivity contribution in [3.05, 3.63) is 0 Å². The van der Waals surface area contributed by atoms with Crippen LogP contribution in [0.4, 0.5) is 0 Å². The van der Waals surface area contributed by atoms with Crippen molar-refractivity contribution < 1.29 is 9.90 Å². The number of aliphatic hydroxyl groups is 1. The van der Waals surface area contributed by atoms with E-state index in [9.17, 15) is 4.79 Å². The predicted octanol–water partition coefficient (Wildman–Crippen LogP) is 3.12. The summed E-state index contributed by atoms with van der Waals surface area (Å²) in [5.74, 6) is 1.19. The maximum Gasteiger partial charge on any atom is 0.223 e. The van der Waals surface area contributed by atoms with Gasteiger partial charge in [0.25, 0.3) is 0 Å². The zero-order valence-corrected chi connectivity index (χ0v) is 13.0. The maximum absolute atomic E-state index is 12.0. The lowest BCUT2D eigenvalue weighted by molar-refractivity contribution is -0.126. The Labute approximate surface area is 118 Å². The Kier molecular flexibility index (Phi) is 6.31. The minimum atomic E-state index is -0.265. The van der Waals surface area contributed by atoms with Crippen LogP contribution in [0.1, 0.15) is 66.2 Å². The second-order valence-electron chi connectivity index (χ2n) is 7.20. The van der Waals surface area contributed by atoms with E-state index in [2.05, 4.69) is 26.1 Å². The first-order chi connectivity index (χ1) is 8.80. The molecule has 0 aromatic rings. The molecule has 112 valence electrons. The van der Waals surface area contributed by atoms with Crippen molar-refractivity contribution in [1.82, 2.24) is 5.32 Å². The molecule has 0 aromatic heterocycles. The number of hydrogen-bond donors (Lipinski definition) is 2. The summed E-state index contributed by atoms with van der Waals surface area (Å²) in [6.45, 7) is 9.38. The van der Waals surface area contributed by atoms with Crippen LogP contribution in [0.15, 0.2) is 0 Å². The number of carbonyl (C=O) groups excluding carboxylic acids is 1. The Balaban J connectivity index is 2.22. The van der Waals surface area contributed by atoms with E-state index in [0.29, 0.717) is 12.0 Å². The third-order valence-corrected chi connectivity index (χ3v) is 4.42. The first-order valence-electron chi connectivity index (χ1n) is 7.76. The number of hydrogen-bond acceptors (Lipinski definition) is 2. The van der Waals surface area contributed by atoms with Crippen LogP contribution >= 0.6 is 0 Å². The van der Waals surface area contributed by atoms with E-state index < -0.39 is 0 Å². The Bertz CT molecular complexity index is 273. The van der Waals surface area contributed by atoms with Crippen LogP contribution in [-0.4, -0.2) is 23.7 Å². The summed E-state index contributed by atoms with van der Waals surface area (Å²) in [7, 11) is 0. The molecule has 1 unspecified atom stereocenters. The van der Waals surface area contributed by atoms with Crippen molar-refractivity contribution in [3.8, 4) is 0 Å². The monoisotopic (exact) mass is 269 g/mol. The van der Waals surface area contributed by atoms with E-state index in [1.54, 1.807) is 6.92 Å². The van der Waals surface area contributed by atoms with Crippen molar-refractivity contribution in [2.45, 2.75) is 72.3 Å². The first-order valence-corrected chi connectivity index (χ1v) is 7.76. The summed E-state index contributed by atoms with van der Waals surface area (Å²) in [6, 6.07) is 0. The molecule has 3 nitrogen and oxygen atoms in total. The smallest absolute Gasteiger partial charge is 0.223 e. The van der Waals surface area contributed by atoms with Gasteiger partial charge in [0.1, 0.15) is 0 Å². The highest BCUT2D eigenvalue weighted by molar-refractivity contribution is 5.78. The Morgan fingerprint density at radius 1 is 1.26 bits per heavy atom. The van der Waals surface area contributed by atoms with E-state index in [4.69, 9.17) is 5.11 Å². The summed E-state index contributed by atoms with van der Waals surface area (Å²) in [5, 5.41) is 12.2. The molecular weight excluding hydrogens is 238 g/mol. The second kappa shape index (κ2) is 7.28. The maximum atomic E-state index is 12.0. The van der Waals surface area contributed by atoms with Crippen molar-refractivity contribution >= 4 is 5.91 Å². The molecule has 1 saturated carbocycles. The van der Waals surface area contributed by atoms with Crippen LogP contribution in [0.2, 0.25) is 0 Å². The van der Waals surface area contributed by atoms with Gasteiger partial charge < -0.3 is 10.4 Å². The fourth-order valence-corrected chi connectivity index (χ4v) is 2.98. The highest BCUT2D eigenvalue weighted by atomic mass is 16.3. The van der Waals surface area contributed by atoms with Gasteiger partial charge in [0.05, 0.1) is 6.10 Å². The third kappa shape index (κ3) is 5.94. The van der Waals surface area contributed by atoms with E-state index in [-0.39, 0.29) is 17.9 Å². The summed E-state index contributed by atoms with van der Waals surface area (Å²) >= 11 is 0. The molecule has 0 spiro atoms. The molecule has 0 aromatic carbocycles. The Hall–Kier alpha value is -0.570. The molecule has 1 aliphatic rings. The number of amides is 1. The minimum absolute atomic E-state index is 0.213. The quantitative estimate of drug-likeness (QED) is 0.753. The molecular formula is C16H31NO2. The molecule has 0 radical (unpaired) electrons. The predicted molar refractivity (Wildman–Crippen MR) is 78.8 cm³/mol. The van der Waals surface area contributed by atoms with E-state index >= 15 is 0 Å². The molecule has 0 aliphatic heterocycles. The molecule has 1 amide bonds. The molecule has 1 aliphatic carbocycles. The van der Waals surface area contributed by atoms with Gasteiger partial charge in [-0.2, -0.15) is 0 Å². The first kappa shape index (κ1) is 16.5. The zero-order chi connectivity index (χ0) is 14.5. The zero-order valence-electron chi connectivity index (χ0n) is 13.0. The molecule has 0 bridgehead atoms. The van der Waals surface area contributed by atoms with Crippen molar-refractivity contribution in [2.24, 2.45) is 17.3 Å². The average molecular weight is 269 g/mol. The van der Waals surface area contributed by atoms with Crippen molar-refractivity contribution in [1.29, 1.82) is 0 Å². The van der Waals surface area contributed by atoms with Gasteiger partial charge in [-0.25, -0.2) is 0 Å². The fourth-order valence-electron chi connectivity index (χ4n) is 2.98. The molecule has 0 heterocycles. The lowest BCUT2D eigenvalue weighted by Gasteiger charge is -2.36. The molecule has 1 rings (SSSR count). The normalized spacial score (nSPS) is 25.9. The van der Waals surface area contributed by atoms with Crippen LogP contribution < -0.4 is 5.32 Å². The standard InChI is InChI=1S/C16H31NO2/c1-12(18)6-5-11-17-15(19)13-7-9-14(10-8-13)16(2,3)4/h12-14,18H,5-11H2,1-4H3,(H,17,19). The van der Waals surface area contributed by atoms with Crippen LogP contribution in [0.25, 0.3) is 0 Å². The molecule has 1 atom stereocenters. The average Bonchev–Trinajstić information content (AvgIpc) is 2.33. The van der Waals surface area contributed by atoms with Crippen LogP contribution in [0.3, 0.4) is 0 Å². The van der Waals surface area contributed by atoms with Gasteiger partial charge in [-0.1, -0.05) is 20.8 Å². The summed E-state index contributed by atoms with van der Waals surface area (Å²) in [4.78, 5) is 12.0. The number of carbonyl (C=O) groups is 1. The molecule has 3 heteroatoms. The Morgan fingerprint density at radius 3 is 2.32 bits per heavy atom. The number of nitrogens with one attached hydrogen (secondary N) is 1. The van der Waals surface area contributed by atoms with Gasteiger partial charge in [0.2, 0.25) is 5.91 Å². The molecule has 0 saturated heterocycles. The molecule has 1 fully saturated rings. The third-order valence-electron chi connectivity index (χ3n) is 4.42. The van der Waals surface area contributed by atoms with Gasteiger partial charge >= 0.3 is 0 Å². The molecule has 19 heavy (non-hydrogen) atoms. The summed E-state index contributed by atoms with van der Waals surface area (Å²) in [5.41, 5.74) is 0.374. The van der Waals surface area contributed by atoms with E-state index in [1.807, 2.05) is 0 Å².